The number of hydrogen-bond acceptors (Lipinski definition) is 4. The molecule has 0 aromatic heterocycles. The molecule has 0 aliphatic carbocycles. The van der Waals surface area contributed by atoms with Crippen LogP contribution in [-0.4, -0.2) is 29.5 Å². The lowest BCUT2D eigenvalue weighted by Crippen LogP contribution is -2.40. The van der Waals surface area contributed by atoms with Crippen molar-refractivity contribution in [3.63, 3.8) is 0 Å². The third-order valence-electron chi connectivity index (χ3n) is 3.64. The number of fused-ring (bicyclic) bond motifs is 1. The van der Waals surface area contributed by atoms with Crippen LogP contribution >= 0.6 is 11.8 Å². The summed E-state index contributed by atoms with van der Waals surface area (Å²) in [7, 11) is 0. The van der Waals surface area contributed by atoms with Crippen LogP contribution in [0.4, 0.5) is 17.1 Å². The van der Waals surface area contributed by atoms with Gasteiger partial charge in [-0.1, -0.05) is 13.8 Å². The molecular formula is C14H19N3OS. The highest BCUT2D eigenvalue weighted by molar-refractivity contribution is 8.00. The second-order valence-corrected chi connectivity index (χ2v) is 7.34. The molecule has 102 valence electrons. The fourth-order valence-corrected chi connectivity index (χ4v) is 4.26. The van der Waals surface area contributed by atoms with Crippen molar-refractivity contribution in [2.24, 2.45) is 0 Å². The highest BCUT2D eigenvalue weighted by Gasteiger charge is 2.26. The van der Waals surface area contributed by atoms with Crippen LogP contribution in [0, 0.1) is 0 Å². The summed E-state index contributed by atoms with van der Waals surface area (Å²) in [5.74, 6) is 0.0579. The summed E-state index contributed by atoms with van der Waals surface area (Å²) in [5, 5.41) is 4.11. The van der Waals surface area contributed by atoms with Gasteiger partial charge < -0.3 is 16.0 Å². The quantitative estimate of drug-likeness (QED) is 0.772. The Balaban J connectivity index is 1.93. The number of nitrogens with two attached hydrogens (primary N) is 1. The summed E-state index contributed by atoms with van der Waals surface area (Å²) < 4.78 is 0. The van der Waals surface area contributed by atoms with E-state index in [1.165, 1.54) is 0 Å². The van der Waals surface area contributed by atoms with E-state index in [2.05, 4.69) is 24.1 Å². The van der Waals surface area contributed by atoms with Crippen molar-refractivity contribution in [1.29, 1.82) is 0 Å². The van der Waals surface area contributed by atoms with Crippen LogP contribution in [0.15, 0.2) is 12.1 Å². The molecule has 2 atom stereocenters. The Kier molecular flexibility index (Phi) is 3.09. The van der Waals surface area contributed by atoms with Crippen molar-refractivity contribution in [3.8, 4) is 0 Å². The van der Waals surface area contributed by atoms with Gasteiger partial charge in [-0.2, -0.15) is 11.8 Å². The summed E-state index contributed by atoms with van der Waals surface area (Å²) in [6.07, 6.45) is 0.447. The third-order valence-corrected chi connectivity index (χ3v) is 4.87. The number of rotatable bonds is 1. The molecule has 19 heavy (non-hydrogen) atoms. The van der Waals surface area contributed by atoms with Crippen molar-refractivity contribution in [1.82, 2.24) is 0 Å². The Morgan fingerprint density at radius 2 is 2.00 bits per heavy atom. The number of nitrogens with zero attached hydrogens (tertiary/aromatic N) is 1. The highest BCUT2D eigenvalue weighted by atomic mass is 32.2. The van der Waals surface area contributed by atoms with E-state index in [4.69, 9.17) is 5.73 Å². The van der Waals surface area contributed by atoms with E-state index < -0.39 is 0 Å². The summed E-state index contributed by atoms with van der Waals surface area (Å²) in [5.41, 5.74) is 9.94. The van der Waals surface area contributed by atoms with Crippen LogP contribution in [0.25, 0.3) is 0 Å². The van der Waals surface area contributed by atoms with Gasteiger partial charge in [-0.15, -0.1) is 0 Å². The van der Waals surface area contributed by atoms with Crippen LogP contribution in [0.1, 0.15) is 19.4 Å². The van der Waals surface area contributed by atoms with Gasteiger partial charge in [-0.3, -0.25) is 4.79 Å². The third kappa shape index (κ3) is 2.39. The van der Waals surface area contributed by atoms with Gasteiger partial charge in [0.15, 0.2) is 0 Å². The predicted octanol–water partition coefficient (Wildman–Crippen LogP) is 2.09. The van der Waals surface area contributed by atoms with Gasteiger partial charge in [0, 0.05) is 29.3 Å². The zero-order valence-corrected chi connectivity index (χ0v) is 12.1. The Morgan fingerprint density at radius 1 is 1.32 bits per heavy atom. The minimum absolute atomic E-state index is 0.0579. The van der Waals surface area contributed by atoms with E-state index >= 15 is 0 Å². The number of carbonyl (C=O) groups is 1. The van der Waals surface area contributed by atoms with E-state index in [-0.39, 0.29) is 5.91 Å². The predicted molar refractivity (Wildman–Crippen MR) is 81.9 cm³/mol. The van der Waals surface area contributed by atoms with Crippen molar-refractivity contribution in [2.45, 2.75) is 30.8 Å². The molecule has 1 saturated heterocycles. The minimum Gasteiger partial charge on any atom is -0.397 e. The summed E-state index contributed by atoms with van der Waals surface area (Å²) >= 11 is 2.02. The van der Waals surface area contributed by atoms with Crippen molar-refractivity contribution >= 4 is 34.7 Å². The molecule has 3 rings (SSSR count). The van der Waals surface area contributed by atoms with E-state index in [9.17, 15) is 4.79 Å². The number of nitrogens with one attached hydrogen (secondary N) is 1. The van der Waals surface area contributed by atoms with Gasteiger partial charge >= 0.3 is 0 Å². The summed E-state index contributed by atoms with van der Waals surface area (Å²) in [6.45, 7) is 6.51. The van der Waals surface area contributed by atoms with Gasteiger partial charge in [0.1, 0.15) is 0 Å². The maximum atomic E-state index is 11.4. The molecule has 1 amide bonds. The fraction of sp³-hybridized carbons (Fsp3) is 0.500. The molecule has 2 heterocycles. The number of benzene rings is 1. The fourth-order valence-electron chi connectivity index (χ4n) is 2.93. The lowest BCUT2D eigenvalue weighted by Gasteiger charge is -2.37. The number of carbonyl (C=O) groups excluding carboxylic acids is 1. The zero-order chi connectivity index (χ0) is 13.6. The molecule has 0 saturated carbocycles. The van der Waals surface area contributed by atoms with E-state index in [1.54, 1.807) is 0 Å². The molecule has 2 unspecified atom stereocenters. The molecule has 4 nitrogen and oxygen atoms in total. The van der Waals surface area contributed by atoms with Gasteiger partial charge in [-0.25, -0.2) is 0 Å². The number of hydrogen-bond donors (Lipinski definition) is 2. The SMILES string of the molecule is CC1CN(c2cc3c(cc2N)CC(=O)N3)CC(C)S1. The molecule has 1 aromatic carbocycles. The number of thioether (sulfide) groups is 1. The first-order chi connectivity index (χ1) is 9.02. The number of nitrogen functional groups attached to an aromatic ring is 1. The van der Waals surface area contributed by atoms with Crippen molar-refractivity contribution in [3.05, 3.63) is 17.7 Å². The lowest BCUT2D eigenvalue weighted by molar-refractivity contribution is -0.115. The molecule has 0 radical (unpaired) electrons. The highest BCUT2D eigenvalue weighted by Crippen LogP contribution is 2.36. The van der Waals surface area contributed by atoms with Gasteiger partial charge in [0.05, 0.1) is 17.8 Å². The average molecular weight is 277 g/mol. The van der Waals surface area contributed by atoms with Gasteiger partial charge in [0.25, 0.3) is 0 Å². The molecule has 5 heteroatoms. The first kappa shape index (κ1) is 12.7. The number of anilines is 3. The standard InChI is InChI=1S/C14H19N3OS/c1-8-6-17(7-9(2)19-8)13-5-12-10(3-11(13)15)4-14(18)16-12/h3,5,8-9H,4,6-7,15H2,1-2H3,(H,16,18). The van der Waals surface area contributed by atoms with Crippen LogP contribution in [0.2, 0.25) is 0 Å². The monoisotopic (exact) mass is 277 g/mol. The first-order valence-corrected chi connectivity index (χ1v) is 7.60. The van der Waals surface area contributed by atoms with E-state index in [0.717, 1.165) is 35.7 Å². The Labute approximate surface area is 117 Å². The maximum absolute atomic E-state index is 11.4. The molecule has 1 aromatic rings. The van der Waals surface area contributed by atoms with Crippen LogP contribution in [-0.2, 0) is 11.2 Å². The summed E-state index contributed by atoms with van der Waals surface area (Å²) in [6, 6.07) is 3.98. The average Bonchev–Trinajstić information content (AvgIpc) is 2.65. The van der Waals surface area contributed by atoms with Crippen molar-refractivity contribution in [2.75, 3.05) is 29.0 Å². The molecule has 0 spiro atoms. The first-order valence-electron chi connectivity index (χ1n) is 6.65. The number of amides is 1. The minimum atomic E-state index is 0.0579. The van der Waals surface area contributed by atoms with Gasteiger partial charge in [0.2, 0.25) is 5.91 Å². The van der Waals surface area contributed by atoms with E-state index in [1.807, 2.05) is 23.9 Å². The lowest BCUT2D eigenvalue weighted by atomic mass is 10.1. The molecular weight excluding hydrogens is 258 g/mol. The van der Waals surface area contributed by atoms with Crippen LogP contribution in [0.3, 0.4) is 0 Å². The molecule has 2 aliphatic rings. The summed E-state index contributed by atoms with van der Waals surface area (Å²) in [4.78, 5) is 13.8. The zero-order valence-electron chi connectivity index (χ0n) is 11.3. The largest absolute Gasteiger partial charge is 0.397 e. The maximum Gasteiger partial charge on any atom is 0.228 e. The van der Waals surface area contributed by atoms with E-state index in [0.29, 0.717) is 16.9 Å². The van der Waals surface area contributed by atoms with Crippen LogP contribution < -0.4 is 16.0 Å². The smallest absolute Gasteiger partial charge is 0.228 e. The topological polar surface area (TPSA) is 58.4 Å². The molecule has 2 aliphatic heterocycles. The normalized spacial score (nSPS) is 26.2. The second kappa shape index (κ2) is 4.63. The molecule has 1 fully saturated rings. The van der Waals surface area contributed by atoms with Crippen LogP contribution in [0.5, 0.6) is 0 Å². The Hall–Kier alpha value is -1.36. The second-order valence-electron chi connectivity index (χ2n) is 5.46. The van der Waals surface area contributed by atoms with Gasteiger partial charge in [-0.05, 0) is 17.7 Å². The Bertz CT molecular complexity index is 522. The Morgan fingerprint density at radius 3 is 2.68 bits per heavy atom. The molecule has 3 N–H and O–H groups in total. The molecule has 0 bridgehead atoms. The van der Waals surface area contributed by atoms with Crippen molar-refractivity contribution < 1.29 is 4.79 Å².